The predicted octanol–water partition coefficient (Wildman–Crippen LogP) is 2.98. The summed E-state index contributed by atoms with van der Waals surface area (Å²) in [4.78, 5) is 22.7. The van der Waals surface area contributed by atoms with Crippen LogP contribution in [0.3, 0.4) is 0 Å². The van der Waals surface area contributed by atoms with Gasteiger partial charge in [-0.15, -0.1) is 0 Å². The van der Waals surface area contributed by atoms with E-state index >= 15 is 0 Å². The van der Waals surface area contributed by atoms with Gasteiger partial charge in [0.25, 0.3) is 0 Å². The molecule has 90 valence electrons. The monoisotopic (exact) mass is 296 g/mol. The number of ether oxygens (including phenoxy) is 1. The Kier molecular flexibility index (Phi) is 4.63. The Bertz CT molecular complexity index is 490. The van der Waals surface area contributed by atoms with Crippen LogP contribution in [0.1, 0.15) is 21.5 Å². The minimum atomic E-state index is -0.543. The van der Waals surface area contributed by atoms with Crippen molar-refractivity contribution in [3.63, 3.8) is 0 Å². The molecule has 0 N–H and O–H groups in total. The van der Waals surface area contributed by atoms with Crippen molar-refractivity contribution in [2.75, 3.05) is 7.11 Å². The first-order valence-corrected chi connectivity index (χ1v) is 5.82. The summed E-state index contributed by atoms with van der Waals surface area (Å²) in [7, 11) is 1.27. The molecule has 17 heavy (non-hydrogen) atoms. The van der Waals surface area contributed by atoms with Crippen molar-refractivity contribution in [1.29, 1.82) is 0 Å². The summed E-state index contributed by atoms with van der Waals surface area (Å²) in [6, 6.07) is 3.68. The van der Waals surface area contributed by atoms with E-state index in [-0.39, 0.29) is 5.78 Å². The third-order valence-electron chi connectivity index (χ3n) is 2.42. The first-order chi connectivity index (χ1) is 7.95. The molecular formula is C13H13BrO3. The Morgan fingerprint density at radius 2 is 1.76 bits per heavy atom. The van der Waals surface area contributed by atoms with E-state index in [2.05, 4.69) is 20.7 Å². The van der Waals surface area contributed by atoms with Crippen LogP contribution in [0.15, 0.2) is 28.8 Å². The van der Waals surface area contributed by atoms with Gasteiger partial charge in [0.05, 0.1) is 7.11 Å². The van der Waals surface area contributed by atoms with Gasteiger partial charge in [0, 0.05) is 16.1 Å². The fraction of sp³-hybridized carbons (Fsp3) is 0.231. The maximum Gasteiger partial charge on any atom is 0.330 e. The van der Waals surface area contributed by atoms with Gasteiger partial charge in [0.1, 0.15) is 0 Å². The van der Waals surface area contributed by atoms with Crippen LogP contribution in [0, 0.1) is 13.8 Å². The van der Waals surface area contributed by atoms with Crippen LogP contribution < -0.4 is 0 Å². The molecule has 0 amide bonds. The summed E-state index contributed by atoms with van der Waals surface area (Å²) in [6.07, 6.45) is 2.32. The maximum atomic E-state index is 11.8. The number of ketones is 1. The van der Waals surface area contributed by atoms with Gasteiger partial charge in [-0.1, -0.05) is 15.9 Å². The number of methoxy groups -OCH3 is 1. The lowest BCUT2D eigenvalue weighted by atomic mass is 10.0. The normalized spacial score (nSPS) is 10.6. The molecule has 0 aliphatic rings. The average Bonchev–Trinajstić information content (AvgIpc) is 2.30. The second-order valence-electron chi connectivity index (χ2n) is 3.64. The number of esters is 1. The lowest BCUT2D eigenvalue weighted by Crippen LogP contribution is -2.01. The molecule has 0 aliphatic heterocycles. The molecule has 0 atom stereocenters. The molecular weight excluding hydrogens is 284 g/mol. The van der Waals surface area contributed by atoms with Gasteiger partial charge in [0.15, 0.2) is 5.78 Å². The molecule has 3 nitrogen and oxygen atoms in total. The van der Waals surface area contributed by atoms with Crippen LogP contribution in [-0.4, -0.2) is 18.9 Å². The Balaban J connectivity index is 3.01. The van der Waals surface area contributed by atoms with Crippen molar-refractivity contribution in [3.8, 4) is 0 Å². The minimum absolute atomic E-state index is 0.231. The summed E-state index contributed by atoms with van der Waals surface area (Å²) >= 11 is 3.34. The number of rotatable bonds is 3. The number of carbonyl (C=O) groups is 2. The predicted molar refractivity (Wildman–Crippen MR) is 69.1 cm³/mol. The van der Waals surface area contributed by atoms with Crippen molar-refractivity contribution in [2.24, 2.45) is 0 Å². The van der Waals surface area contributed by atoms with Gasteiger partial charge in [-0.05, 0) is 43.2 Å². The molecule has 0 aliphatic carbocycles. The maximum absolute atomic E-state index is 11.8. The van der Waals surface area contributed by atoms with E-state index in [1.807, 2.05) is 19.9 Å². The van der Waals surface area contributed by atoms with Crippen molar-refractivity contribution in [1.82, 2.24) is 0 Å². The number of allylic oxidation sites excluding steroid dienone is 1. The van der Waals surface area contributed by atoms with E-state index in [1.165, 1.54) is 13.2 Å². The fourth-order valence-corrected chi connectivity index (χ4v) is 1.92. The van der Waals surface area contributed by atoms with Gasteiger partial charge >= 0.3 is 5.97 Å². The smallest absolute Gasteiger partial charge is 0.330 e. The zero-order chi connectivity index (χ0) is 13.0. The SMILES string of the molecule is COC(=O)/C=C/C(=O)c1cc(C)c(C)cc1Br. The highest BCUT2D eigenvalue weighted by Gasteiger charge is 2.09. The van der Waals surface area contributed by atoms with E-state index in [0.29, 0.717) is 5.56 Å². The second kappa shape index (κ2) is 5.77. The first-order valence-electron chi connectivity index (χ1n) is 5.02. The summed E-state index contributed by atoms with van der Waals surface area (Å²) in [5, 5.41) is 0. The van der Waals surface area contributed by atoms with Crippen LogP contribution in [0.4, 0.5) is 0 Å². The standard InChI is InChI=1S/C13H13BrO3/c1-8-6-10(11(14)7-9(8)2)12(15)4-5-13(16)17-3/h4-7H,1-3H3/b5-4+. The van der Waals surface area contributed by atoms with Crippen molar-refractivity contribution < 1.29 is 14.3 Å². The van der Waals surface area contributed by atoms with E-state index in [1.54, 1.807) is 6.07 Å². The van der Waals surface area contributed by atoms with Crippen LogP contribution >= 0.6 is 15.9 Å². The van der Waals surface area contributed by atoms with E-state index < -0.39 is 5.97 Å². The molecule has 1 aromatic rings. The molecule has 4 heteroatoms. The average molecular weight is 297 g/mol. The highest BCUT2D eigenvalue weighted by Crippen LogP contribution is 2.22. The number of hydrogen-bond acceptors (Lipinski definition) is 3. The fourth-order valence-electron chi connectivity index (χ4n) is 1.27. The molecule has 0 spiro atoms. The summed E-state index contributed by atoms with van der Waals surface area (Å²) in [5.74, 6) is -0.774. The van der Waals surface area contributed by atoms with Crippen LogP contribution in [0.5, 0.6) is 0 Å². The number of carbonyl (C=O) groups excluding carboxylic acids is 2. The molecule has 0 aromatic heterocycles. The molecule has 0 unspecified atom stereocenters. The molecule has 0 saturated carbocycles. The molecule has 0 heterocycles. The molecule has 0 saturated heterocycles. The highest BCUT2D eigenvalue weighted by atomic mass is 79.9. The lowest BCUT2D eigenvalue weighted by Gasteiger charge is -2.05. The number of benzene rings is 1. The quantitative estimate of drug-likeness (QED) is 0.489. The van der Waals surface area contributed by atoms with E-state index in [9.17, 15) is 9.59 Å². The molecule has 0 fully saturated rings. The van der Waals surface area contributed by atoms with Gasteiger partial charge in [-0.25, -0.2) is 4.79 Å². The first kappa shape index (κ1) is 13.6. The Labute approximate surface area is 109 Å². The second-order valence-corrected chi connectivity index (χ2v) is 4.49. The van der Waals surface area contributed by atoms with Crippen molar-refractivity contribution in [2.45, 2.75) is 13.8 Å². The number of aryl methyl sites for hydroxylation is 2. The van der Waals surface area contributed by atoms with Crippen LogP contribution in [0.25, 0.3) is 0 Å². The van der Waals surface area contributed by atoms with Gasteiger partial charge in [-0.3, -0.25) is 4.79 Å². The zero-order valence-electron chi connectivity index (χ0n) is 9.91. The summed E-state index contributed by atoms with van der Waals surface area (Å²) < 4.78 is 5.14. The summed E-state index contributed by atoms with van der Waals surface area (Å²) in [6.45, 7) is 3.90. The largest absolute Gasteiger partial charge is 0.466 e. The molecule has 0 radical (unpaired) electrons. The third kappa shape index (κ3) is 3.53. The van der Waals surface area contributed by atoms with E-state index in [4.69, 9.17) is 0 Å². The number of halogens is 1. The third-order valence-corrected chi connectivity index (χ3v) is 3.08. The van der Waals surface area contributed by atoms with Gasteiger partial charge < -0.3 is 4.74 Å². The Morgan fingerprint density at radius 3 is 2.35 bits per heavy atom. The van der Waals surface area contributed by atoms with Crippen molar-refractivity contribution >= 4 is 27.7 Å². The lowest BCUT2D eigenvalue weighted by molar-refractivity contribution is -0.134. The van der Waals surface area contributed by atoms with Crippen molar-refractivity contribution in [3.05, 3.63) is 45.4 Å². The topological polar surface area (TPSA) is 43.4 Å². The molecule has 1 aromatic carbocycles. The van der Waals surface area contributed by atoms with Crippen LogP contribution in [-0.2, 0) is 9.53 Å². The Hall–Kier alpha value is -1.42. The molecule has 1 rings (SSSR count). The van der Waals surface area contributed by atoms with Crippen LogP contribution in [0.2, 0.25) is 0 Å². The van der Waals surface area contributed by atoms with E-state index in [0.717, 1.165) is 21.7 Å². The van der Waals surface area contributed by atoms with Gasteiger partial charge in [0.2, 0.25) is 0 Å². The minimum Gasteiger partial charge on any atom is -0.466 e. The number of hydrogen-bond donors (Lipinski definition) is 0. The summed E-state index contributed by atoms with van der Waals surface area (Å²) in [5.41, 5.74) is 2.67. The zero-order valence-corrected chi connectivity index (χ0v) is 11.5. The van der Waals surface area contributed by atoms with Gasteiger partial charge in [-0.2, -0.15) is 0 Å². The molecule has 0 bridgehead atoms. The Morgan fingerprint density at radius 1 is 1.18 bits per heavy atom. The highest BCUT2D eigenvalue weighted by molar-refractivity contribution is 9.10.